The summed E-state index contributed by atoms with van der Waals surface area (Å²) in [6.45, 7) is 4.61. The zero-order valence-corrected chi connectivity index (χ0v) is 12.7. The predicted octanol–water partition coefficient (Wildman–Crippen LogP) is 2.42. The van der Waals surface area contributed by atoms with Crippen LogP contribution in [0, 0.1) is 0 Å². The summed E-state index contributed by atoms with van der Waals surface area (Å²) >= 11 is 0. The SMILES string of the molecule is CCC(C)NC(=O)CCNc1ccc(OC)cc1OC. The molecule has 0 heterocycles. The zero-order chi connectivity index (χ0) is 15.0. The third-order valence-electron chi connectivity index (χ3n) is 3.10. The van der Waals surface area contributed by atoms with Gasteiger partial charge in [0, 0.05) is 25.1 Å². The molecule has 1 atom stereocenters. The molecule has 1 amide bonds. The van der Waals surface area contributed by atoms with Gasteiger partial charge < -0.3 is 20.1 Å². The van der Waals surface area contributed by atoms with E-state index in [0.717, 1.165) is 17.9 Å². The van der Waals surface area contributed by atoms with Crippen LogP contribution in [-0.2, 0) is 4.79 Å². The monoisotopic (exact) mass is 280 g/mol. The molecule has 0 bridgehead atoms. The number of benzene rings is 1. The minimum atomic E-state index is 0.0549. The Labute approximate surface area is 120 Å². The first kappa shape index (κ1) is 16.1. The minimum absolute atomic E-state index is 0.0549. The summed E-state index contributed by atoms with van der Waals surface area (Å²) < 4.78 is 10.4. The van der Waals surface area contributed by atoms with Gasteiger partial charge in [-0.25, -0.2) is 0 Å². The number of carbonyl (C=O) groups is 1. The van der Waals surface area contributed by atoms with Crippen LogP contribution in [0.25, 0.3) is 0 Å². The third-order valence-corrected chi connectivity index (χ3v) is 3.10. The molecule has 1 aromatic carbocycles. The molecule has 0 aliphatic carbocycles. The smallest absolute Gasteiger partial charge is 0.221 e. The van der Waals surface area contributed by atoms with Gasteiger partial charge in [0.15, 0.2) is 0 Å². The molecule has 5 nitrogen and oxygen atoms in total. The average molecular weight is 280 g/mol. The lowest BCUT2D eigenvalue weighted by atomic mass is 10.2. The highest BCUT2D eigenvalue weighted by atomic mass is 16.5. The Bertz CT molecular complexity index is 435. The summed E-state index contributed by atoms with van der Waals surface area (Å²) in [7, 11) is 3.22. The maximum atomic E-state index is 11.7. The van der Waals surface area contributed by atoms with Crippen molar-refractivity contribution in [3.05, 3.63) is 18.2 Å². The number of carbonyl (C=O) groups excluding carboxylic acids is 1. The molecule has 0 aromatic heterocycles. The summed E-state index contributed by atoms with van der Waals surface area (Å²) in [5.41, 5.74) is 0.852. The summed E-state index contributed by atoms with van der Waals surface area (Å²) in [6.07, 6.45) is 1.37. The van der Waals surface area contributed by atoms with Gasteiger partial charge in [-0.1, -0.05) is 6.92 Å². The van der Waals surface area contributed by atoms with Gasteiger partial charge in [-0.3, -0.25) is 4.79 Å². The molecule has 0 spiro atoms. The molecule has 0 saturated carbocycles. The number of ether oxygens (including phenoxy) is 2. The van der Waals surface area contributed by atoms with E-state index in [9.17, 15) is 4.79 Å². The van der Waals surface area contributed by atoms with Crippen molar-refractivity contribution in [3.8, 4) is 11.5 Å². The lowest BCUT2D eigenvalue weighted by molar-refractivity contribution is -0.121. The van der Waals surface area contributed by atoms with E-state index in [1.54, 1.807) is 14.2 Å². The largest absolute Gasteiger partial charge is 0.497 e. The van der Waals surface area contributed by atoms with E-state index in [1.807, 2.05) is 32.0 Å². The fraction of sp³-hybridized carbons (Fsp3) is 0.533. The highest BCUT2D eigenvalue weighted by Crippen LogP contribution is 2.28. The summed E-state index contributed by atoms with van der Waals surface area (Å²) in [5, 5.41) is 6.13. The first-order chi connectivity index (χ1) is 9.60. The van der Waals surface area contributed by atoms with Gasteiger partial charge in [0.1, 0.15) is 11.5 Å². The van der Waals surface area contributed by atoms with Crippen LogP contribution in [0.5, 0.6) is 11.5 Å². The fourth-order valence-electron chi connectivity index (χ4n) is 1.70. The lowest BCUT2D eigenvalue weighted by Gasteiger charge is -2.14. The van der Waals surface area contributed by atoms with Crippen molar-refractivity contribution in [1.29, 1.82) is 0 Å². The lowest BCUT2D eigenvalue weighted by Crippen LogP contribution is -2.32. The Balaban J connectivity index is 2.47. The van der Waals surface area contributed by atoms with Crippen LogP contribution < -0.4 is 20.1 Å². The van der Waals surface area contributed by atoms with Crippen molar-refractivity contribution in [1.82, 2.24) is 5.32 Å². The van der Waals surface area contributed by atoms with Gasteiger partial charge in [0.25, 0.3) is 0 Å². The Morgan fingerprint density at radius 1 is 1.30 bits per heavy atom. The molecule has 112 valence electrons. The van der Waals surface area contributed by atoms with Gasteiger partial charge >= 0.3 is 0 Å². The van der Waals surface area contributed by atoms with Crippen LogP contribution >= 0.6 is 0 Å². The Morgan fingerprint density at radius 2 is 2.05 bits per heavy atom. The van der Waals surface area contributed by atoms with Gasteiger partial charge in [-0.05, 0) is 25.5 Å². The van der Waals surface area contributed by atoms with Gasteiger partial charge in [0.2, 0.25) is 5.91 Å². The van der Waals surface area contributed by atoms with E-state index in [1.165, 1.54) is 0 Å². The second kappa shape index (κ2) is 8.30. The minimum Gasteiger partial charge on any atom is -0.497 e. The molecule has 5 heteroatoms. The normalized spacial score (nSPS) is 11.6. The number of amides is 1. The molecule has 0 fully saturated rings. The van der Waals surface area contributed by atoms with Crippen molar-refractivity contribution < 1.29 is 14.3 Å². The van der Waals surface area contributed by atoms with Gasteiger partial charge in [-0.2, -0.15) is 0 Å². The highest BCUT2D eigenvalue weighted by Gasteiger charge is 2.07. The van der Waals surface area contributed by atoms with E-state index >= 15 is 0 Å². The number of rotatable bonds is 8. The number of methoxy groups -OCH3 is 2. The van der Waals surface area contributed by atoms with E-state index in [-0.39, 0.29) is 11.9 Å². The van der Waals surface area contributed by atoms with Crippen LogP contribution in [0.2, 0.25) is 0 Å². The van der Waals surface area contributed by atoms with Crippen LogP contribution in [-0.4, -0.2) is 32.7 Å². The van der Waals surface area contributed by atoms with Crippen LogP contribution in [0.3, 0.4) is 0 Å². The topological polar surface area (TPSA) is 59.6 Å². The molecule has 2 N–H and O–H groups in total. The number of nitrogens with one attached hydrogen (secondary N) is 2. The van der Waals surface area contributed by atoms with Gasteiger partial charge in [0.05, 0.1) is 19.9 Å². The standard InChI is InChI=1S/C15H24N2O3/c1-5-11(2)17-15(18)8-9-16-13-7-6-12(19-3)10-14(13)20-4/h6-7,10-11,16H,5,8-9H2,1-4H3,(H,17,18). The first-order valence-corrected chi connectivity index (χ1v) is 6.86. The molecule has 0 aliphatic rings. The predicted molar refractivity (Wildman–Crippen MR) is 80.5 cm³/mol. The molecule has 1 rings (SSSR count). The Kier molecular flexibility index (Phi) is 6.70. The maximum Gasteiger partial charge on any atom is 0.221 e. The summed E-state index contributed by atoms with van der Waals surface area (Å²) in [5.74, 6) is 1.49. The first-order valence-electron chi connectivity index (χ1n) is 6.86. The molecule has 1 aromatic rings. The fourth-order valence-corrected chi connectivity index (χ4v) is 1.70. The molecule has 1 unspecified atom stereocenters. The van der Waals surface area contributed by atoms with Crippen LogP contribution in [0.4, 0.5) is 5.69 Å². The van der Waals surface area contributed by atoms with Gasteiger partial charge in [-0.15, -0.1) is 0 Å². The Hall–Kier alpha value is -1.91. The van der Waals surface area contributed by atoms with E-state index in [0.29, 0.717) is 18.7 Å². The summed E-state index contributed by atoms with van der Waals surface area (Å²) in [4.78, 5) is 11.7. The van der Waals surface area contributed by atoms with Crippen molar-refractivity contribution in [2.45, 2.75) is 32.7 Å². The zero-order valence-electron chi connectivity index (χ0n) is 12.7. The average Bonchev–Trinajstić information content (AvgIpc) is 2.47. The summed E-state index contributed by atoms with van der Waals surface area (Å²) in [6, 6.07) is 5.76. The molecular formula is C15H24N2O3. The van der Waals surface area contributed by atoms with E-state index < -0.39 is 0 Å². The molecular weight excluding hydrogens is 256 g/mol. The van der Waals surface area contributed by atoms with Crippen molar-refractivity contribution in [3.63, 3.8) is 0 Å². The quantitative estimate of drug-likeness (QED) is 0.768. The molecule has 0 aliphatic heterocycles. The van der Waals surface area contributed by atoms with Crippen molar-refractivity contribution in [2.75, 3.05) is 26.1 Å². The molecule has 20 heavy (non-hydrogen) atoms. The molecule has 0 saturated heterocycles. The van der Waals surface area contributed by atoms with E-state index in [4.69, 9.17) is 9.47 Å². The third kappa shape index (κ3) is 4.99. The number of hydrogen-bond donors (Lipinski definition) is 2. The van der Waals surface area contributed by atoms with Crippen molar-refractivity contribution in [2.24, 2.45) is 0 Å². The number of anilines is 1. The van der Waals surface area contributed by atoms with Crippen molar-refractivity contribution >= 4 is 11.6 Å². The molecule has 0 radical (unpaired) electrons. The number of hydrogen-bond acceptors (Lipinski definition) is 4. The van der Waals surface area contributed by atoms with Crippen LogP contribution in [0.1, 0.15) is 26.7 Å². The second-order valence-electron chi connectivity index (χ2n) is 4.62. The van der Waals surface area contributed by atoms with E-state index in [2.05, 4.69) is 10.6 Å². The second-order valence-corrected chi connectivity index (χ2v) is 4.62. The Morgan fingerprint density at radius 3 is 2.65 bits per heavy atom. The van der Waals surface area contributed by atoms with Crippen LogP contribution in [0.15, 0.2) is 18.2 Å². The highest BCUT2D eigenvalue weighted by molar-refractivity contribution is 5.76. The maximum absolute atomic E-state index is 11.7.